The van der Waals surface area contributed by atoms with Crippen LogP contribution in [0.15, 0.2) is 18.2 Å². The minimum Gasteiger partial charge on any atom is -0.493 e. The molecule has 0 spiro atoms. The van der Waals surface area contributed by atoms with Crippen LogP contribution in [0.2, 0.25) is 0 Å². The minimum absolute atomic E-state index is 0.260. The van der Waals surface area contributed by atoms with Gasteiger partial charge in [0.1, 0.15) is 11.6 Å². The highest BCUT2D eigenvalue weighted by Gasteiger charge is 2.02. The van der Waals surface area contributed by atoms with E-state index in [9.17, 15) is 8.78 Å². The Morgan fingerprint density at radius 2 is 2.06 bits per heavy atom. The quantitative estimate of drug-likeness (QED) is 0.690. The van der Waals surface area contributed by atoms with Gasteiger partial charge >= 0.3 is 0 Å². The Hall–Kier alpha value is -1.20. The molecule has 0 aliphatic rings. The number of rotatable bonds is 9. The standard InChI is InChI=1S/C13H19F2NO2/c1-17-6-4-16-10-11-7-12(15)9-13(8-11)18-5-2-3-14/h7-9,16H,2-6,10H2,1H3. The van der Waals surface area contributed by atoms with Crippen LogP contribution in [0.5, 0.6) is 5.75 Å². The third-order valence-electron chi connectivity index (χ3n) is 2.29. The number of methoxy groups -OCH3 is 1. The molecule has 1 aromatic rings. The van der Waals surface area contributed by atoms with E-state index in [1.807, 2.05) is 0 Å². The number of benzene rings is 1. The summed E-state index contributed by atoms with van der Waals surface area (Å²) in [5.74, 6) is 0.0864. The first-order valence-electron chi connectivity index (χ1n) is 5.94. The molecule has 0 atom stereocenters. The summed E-state index contributed by atoms with van der Waals surface area (Å²) in [6.45, 7) is 1.68. The average molecular weight is 259 g/mol. The van der Waals surface area contributed by atoms with Crippen molar-refractivity contribution >= 4 is 0 Å². The molecule has 0 saturated carbocycles. The number of alkyl halides is 1. The Labute approximate surface area is 106 Å². The largest absolute Gasteiger partial charge is 0.493 e. The zero-order valence-corrected chi connectivity index (χ0v) is 10.5. The first-order chi connectivity index (χ1) is 8.76. The Kier molecular flexibility index (Phi) is 7.29. The maximum Gasteiger partial charge on any atom is 0.127 e. The molecule has 3 nitrogen and oxygen atoms in total. The van der Waals surface area contributed by atoms with Crippen LogP contribution < -0.4 is 10.1 Å². The third-order valence-corrected chi connectivity index (χ3v) is 2.29. The van der Waals surface area contributed by atoms with Gasteiger partial charge in [-0.25, -0.2) is 4.39 Å². The lowest BCUT2D eigenvalue weighted by Crippen LogP contribution is -2.18. The van der Waals surface area contributed by atoms with E-state index in [1.165, 1.54) is 12.1 Å². The summed E-state index contributed by atoms with van der Waals surface area (Å²) in [5.41, 5.74) is 0.793. The lowest BCUT2D eigenvalue weighted by atomic mass is 10.2. The highest BCUT2D eigenvalue weighted by atomic mass is 19.1. The van der Waals surface area contributed by atoms with Crippen molar-refractivity contribution in [3.05, 3.63) is 29.6 Å². The molecular formula is C13H19F2NO2. The van der Waals surface area contributed by atoms with Crippen molar-refractivity contribution in [2.75, 3.05) is 33.5 Å². The summed E-state index contributed by atoms with van der Waals surface area (Å²) >= 11 is 0. The van der Waals surface area contributed by atoms with Gasteiger partial charge in [0.2, 0.25) is 0 Å². The number of hydrogen-bond acceptors (Lipinski definition) is 3. The fourth-order valence-electron chi connectivity index (χ4n) is 1.46. The van der Waals surface area contributed by atoms with Gasteiger partial charge in [-0.15, -0.1) is 0 Å². The summed E-state index contributed by atoms with van der Waals surface area (Å²) in [7, 11) is 1.63. The van der Waals surface area contributed by atoms with E-state index in [0.717, 1.165) is 5.56 Å². The molecule has 102 valence electrons. The van der Waals surface area contributed by atoms with E-state index in [4.69, 9.17) is 9.47 Å². The van der Waals surface area contributed by atoms with Gasteiger partial charge in [0.25, 0.3) is 0 Å². The summed E-state index contributed by atoms with van der Waals surface area (Å²) in [4.78, 5) is 0. The van der Waals surface area contributed by atoms with E-state index >= 15 is 0 Å². The van der Waals surface area contributed by atoms with E-state index < -0.39 is 6.67 Å². The molecule has 0 aliphatic carbocycles. The van der Waals surface area contributed by atoms with Crippen LogP contribution in [0.3, 0.4) is 0 Å². The molecule has 0 aromatic heterocycles. The SMILES string of the molecule is COCCNCc1cc(F)cc(OCCCF)c1. The third kappa shape index (κ3) is 5.93. The van der Waals surface area contributed by atoms with Gasteiger partial charge in [0.05, 0.1) is 19.9 Å². The lowest BCUT2D eigenvalue weighted by molar-refractivity contribution is 0.199. The highest BCUT2D eigenvalue weighted by Crippen LogP contribution is 2.16. The van der Waals surface area contributed by atoms with E-state index in [0.29, 0.717) is 31.9 Å². The molecule has 0 aliphatic heterocycles. The molecule has 0 amide bonds. The Morgan fingerprint density at radius 1 is 1.22 bits per heavy atom. The van der Waals surface area contributed by atoms with Crippen LogP contribution >= 0.6 is 0 Å². The zero-order chi connectivity index (χ0) is 13.2. The molecule has 0 fully saturated rings. The number of ether oxygens (including phenoxy) is 2. The second kappa shape index (κ2) is 8.83. The van der Waals surface area contributed by atoms with Crippen LogP contribution in [0.4, 0.5) is 8.78 Å². The fraction of sp³-hybridized carbons (Fsp3) is 0.538. The number of nitrogens with one attached hydrogen (secondary N) is 1. The van der Waals surface area contributed by atoms with Crippen molar-refractivity contribution in [1.29, 1.82) is 0 Å². The monoisotopic (exact) mass is 259 g/mol. The molecule has 1 rings (SSSR count). The summed E-state index contributed by atoms with van der Waals surface area (Å²) in [5, 5.41) is 3.12. The van der Waals surface area contributed by atoms with Crippen LogP contribution in [0.1, 0.15) is 12.0 Å². The van der Waals surface area contributed by atoms with Gasteiger partial charge in [-0.05, 0) is 17.7 Å². The van der Waals surface area contributed by atoms with Crippen LogP contribution in [0.25, 0.3) is 0 Å². The Balaban J connectivity index is 2.46. The smallest absolute Gasteiger partial charge is 0.127 e. The van der Waals surface area contributed by atoms with Crippen molar-refractivity contribution in [1.82, 2.24) is 5.32 Å². The van der Waals surface area contributed by atoms with Gasteiger partial charge in [-0.3, -0.25) is 4.39 Å². The first-order valence-corrected chi connectivity index (χ1v) is 5.94. The van der Waals surface area contributed by atoms with Crippen LogP contribution in [-0.2, 0) is 11.3 Å². The summed E-state index contributed by atoms with van der Waals surface area (Å²) in [6.07, 6.45) is 0.317. The molecular weight excluding hydrogens is 240 g/mol. The van der Waals surface area contributed by atoms with Gasteiger partial charge in [-0.2, -0.15) is 0 Å². The maximum absolute atomic E-state index is 13.3. The summed E-state index contributed by atoms with van der Waals surface area (Å²) in [6, 6.07) is 4.50. The summed E-state index contributed by atoms with van der Waals surface area (Å²) < 4.78 is 35.4. The Bertz CT molecular complexity index is 348. The van der Waals surface area contributed by atoms with Crippen molar-refractivity contribution < 1.29 is 18.3 Å². The molecule has 0 bridgehead atoms. The molecule has 0 heterocycles. The minimum atomic E-state index is -0.430. The van der Waals surface area contributed by atoms with Gasteiger partial charge in [0, 0.05) is 32.7 Å². The highest BCUT2D eigenvalue weighted by molar-refractivity contribution is 5.29. The molecule has 0 unspecified atom stereocenters. The second-order valence-corrected chi connectivity index (χ2v) is 3.86. The maximum atomic E-state index is 13.3. The average Bonchev–Trinajstić information content (AvgIpc) is 2.34. The fourth-order valence-corrected chi connectivity index (χ4v) is 1.46. The second-order valence-electron chi connectivity index (χ2n) is 3.86. The van der Waals surface area contributed by atoms with Crippen LogP contribution in [0, 0.1) is 5.82 Å². The molecule has 18 heavy (non-hydrogen) atoms. The van der Waals surface area contributed by atoms with Crippen molar-refractivity contribution in [2.45, 2.75) is 13.0 Å². The molecule has 0 saturated heterocycles. The molecule has 0 radical (unpaired) electrons. The van der Waals surface area contributed by atoms with Gasteiger partial charge in [0.15, 0.2) is 0 Å². The van der Waals surface area contributed by atoms with E-state index in [1.54, 1.807) is 13.2 Å². The lowest BCUT2D eigenvalue weighted by Gasteiger charge is -2.09. The van der Waals surface area contributed by atoms with Gasteiger partial charge in [-0.1, -0.05) is 0 Å². The van der Waals surface area contributed by atoms with E-state index in [-0.39, 0.29) is 12.4 Å². The van der Waals surface area contributed by atoms with E-state index in [2.05, 4.69) is 5.32 Å². The number of hydrogen-bond donors (Lipinski definition) is 1. The number of halogens is 2. The first kappa shape index (κ1) is 14.9. The zero-order valence-electron chi connectivity index (χ0n) is 10.5. The Morgan fingerprint density at radius 3 is 2.78 bits per heavy atom. The molecule has 5 heteroatoms. The predicted molar refractivity (Wildman–Crippen MR) is 66.1 cm³/mol. The van der Waals surface area contributed by atoms with Crippen molar-refractivity contribution in [3.8, 4) is 5.75 Å². The normalized spacial score (nSPS) is 10.6. The molecule has 1 aromatic carbocycles. The van der Waals surface area contributed by atoms with Gasteiger partial charge < -0.3 is 14.8 Å². The molecule has 1 N–H and O–H groups in total. The predicted octanol–water partition coefficient (Wildman–Crippen LogP) is 2.30. The van der Waals surface area contributed by atoms with Crippen LogP contribution in [-0.4, -0.2) is 33.5 Å². The van der Waals surface area contributed by atoms with Crippen molar-refractivity contribution in [3.63, 3.8) is 0 Å². The topological polar surface area (TPSA) is 30.5 Å². The van der Waals surface area contributed by atoms with Crippen molar-refractivity contribution in [2.24, 2.45) is 0 Å².